The van der Waals surface area contributed by atoms with Gasteiger partial charge in [0.05, 0.1) is 4.88 Å². The second-order valence-corrected chi connectivity index (χ2v) is 6.70. The first kappa shape index (κ1) is 13.9. The third kappa shape index (κ3) is 2.03. The van der Waals surface area contributed by atoms with Gasteiger partial charge < -0.3 is 11.1 Å². The fourth-order valence-corrected chi connectivity index (χ4v) is 3.95. The van der Waals surface area contributed by atoms with Gasteiger partial charge in [0.15, 0.2) is 0 Å². The van der Waals surface area contributed by atoms with E-state index in [0.29, 0.717) is 17.8 Å². The molecule has 7 heteroatoms. The van der Waals surface area contributed by atoms with Gasteiger partial charge >= 0.3 is 6.18 Å². The molecule has 3 nitrogen and oxygen atoms in total. The molecule has 0 radical (unpaired) electrons. The lowest BCUT2D eigenvalue weighted by Crippen LogP contribution is -2.69. The standard InChI is InChI=1S/C13H15F3N2OS/c14-13(15,16)10-3-2-7(20-10)11(19)18-9-6-8(17)12(9)4-1-5-12/h2-3,8-9H,1,4-6,17H2,(H,18,19). The number of thiophene rings is 1. The predicted molar refractivity (Wildman–Crippen MR) is 69.5 cm³/mol. The van der Waals surface area contributed by atoms with Crippen LogP contribution in [0.1, 0.15) is 40.2 Å². The van der Waals surface area contributed by atoms with Crippen molar-refractivity contribution in [1.29, 1.82) is 0 Å². The number of hydrogen-bond acceptors (Lipinski definition) is 3. The molecule has 110 valence electrons. The van der Waals surface area contributed by atoms with Crippen LogP contribution in [0.4, 0.5) is 13.2 Å². The van der Waals surface area contributed by atoms with Crippen molar-refractivity contribution < 1.29 is 18.0 Å². The van der Waals surface area contributed by atoms with Crippen LogP contribution < -0.4 is 11.1 Å². The zero-order chi connectivity index (χ0) is 14.5. The summed E-state index contributed by atoms with van der Waals surface area (Å²) >= 11 is 0.483. The molecular weight excluding hydrogens is 289 g/mol. The first-order valence-electron chi connectivity index (χ1n) is 6.56. The maximum absolute atomic E-state index is 12.5. The third-order valence-corrected chi connectivity index (χ3v) is 5.75. The smallest absolute Gasteiger partial charge is 0.348 e. The van der Waals surface area contributed by atoms with Crippen LogP contribution in [0.3, 0.4) is 0 Å². The van der Waals surface area contributed by atoms with Gasteiger partial charge in [0, 0.05) is 17.5 Å². The summed E-state index contributed by atoms with van der Waals surface area (Å²) in [4.78, 5) is 11.4. The average molecular weight is 304 g/mol. The Morgan fingerprint density at radius 1 is 1.40 bits per heavy atom. The van der Waals surface area contributed by atoms with Gasteiger partial charge in [0.2, 0.25) is 0 Å². The molecule has 3 rings (SSSR count). The van der Waals surface area contributed by atoms with E-state index in [1.54, 1.807) is 0 Å². The quantitative estimate of drug-likeness (QED) is 0.882. The lowest BCUT2D eigenvalue weighted by Gasteiger charge is -2.60. The Balaban J connectivity index is 1.67. The van der Waals surface area contributed by atoms with E-state index in [0.717, 1.165) is 25.3 Å². The van der Waals surface area contributed by atoms with Crippen molar-refractivity contribution in [1.82, 2.24) is 5.32 Å². The second-order valence-electron chi connectivity index (χ2n) is 5.62. The molecule has 0 bridgehead atoms. The summed E-state index contributed by atoms with van der Waals surface area (Å²) in [5, 5.41) is 2.84. The lowest BCUT2D eigenvalue weighted by atomic mass is 9.50. The van der Waals surface area contributed by atoms with E-state index >= 15 is 0 Å². The Morgan fingerprint density at radius 2 is 2.10 bits per heavy atom. The van der Waals surface area contributed by atoms with Crippen molar-refractivity contribution in [2.75, 3.05) is 0 Å². The molecule has 20 heavy (non-hydrogen) atoms. The fraction of sp³-hybridized carbons (Fsp3) is 0.615. The van der Waals surface area contributed by atoms with E-state index in [9.17, 15) is 18.0 Å². The highest BCUT2D eigenvalue weighted by atomic mass is 32.1. The van der Waals surface area contributed by atoms with E-state index in [4.69, 9.17) is 5.73 Å². The van der Waals surface area contributed by atoms with Crippen LogP contribution in [-0.4, -0.2) is 18.0 Å². The number of halogens is 3. The molecular formula is C13H15F3N2OS. The van der Waals surface area contributed by atoms with Crippen molar-refractivity contribution in [2.45, 2.75) is 43.9 Å². The molecule has 2 saturated carbocycles. The largest absolute Gasteiger partial charge is 0.425 e. The zero-order valence-electron chi connectivity index (χ0n) is 10.7. The second kappa shape index (κ2) is 4.46. The SMILES string of the molecule is NC1CC(NC(=O)c2ccc(C(F)(F)F)s2)C12CCC2. The first-order chi connectivity index (χ1) is 9.33. The van der Waals surface area contributed by atoms with E-state index in [1.165, 1.54) is 6.07 Å². The summed E-state index contributed by atoms with van der Waals surface area (Å²) in [5.41, 5.74) is 5.99. The Labute approximate surface area is 118 Å². The first-order valence-corrected chi connectivity index (χ1v) is 7.38. The summed E-state index contributed by atoms with van der Waals surface area (Å²) in [7, 11) is 0. The highest BCUT2D eigenvalue weighted by molar-refractivity contribution is 7.14. The molecule has 1 aromatic rings. The van der Waals surface area contributed by atoms with Crippen LogP contribution >= 0.6 is 11.3 Å². The van der Waals surface area contributed by atoms with Gasteiger partial charge in [-0.2, -0.15) is 13.2 Å². The minimum absolute atomic E-state index is 0.000222. The number of nitrogens with two attached hydrogens (primary N) is 1. The van der Waals surface area contributed by atoms with Crippen LogP contribution in [0.5, 0.6) is 0 Å². The van der Waals surface area contributed by atoms with Crippen LogP contribution in [0.15, 0.2) is 12.1 Å². The molecule has 1 aromatic heterocycles. The summed E-state index contributed by atoms with van der Waals surface area (Å²) in [5.74, 6) is -0.423. The Hall–Kier alpha value is -1.08. The van der Waals surface area contributed by atoms with Gasteiger partial charge in [-0.15, -0.1) is 11.3 Å². The molecule has 1 heterocycles. The van der Waals surface area contributed by atoms with Crippen molar-refractivity contribution >= 4 is 17.2 Å². The van der Waals surface area contributed by atoms with Crippen LogP contribution in [0.25, 0.3) is 0 Å². The minimum atomic E-state index is -4.39. The van der Waals surface area contributed by atoms with Crippen molar-refractivity contribution in [3.63, 3.8) is 0 Å². The molecule has 2 aliphatic carbocycles. The van der Waals surface area contributed by atoms with Crippen molar-refractivity contribution in [2.24, 2.45) is 11.1 Å². The number of amides is 1. The maximum atomic E-state index is 12.5. The zero-order valence-corrected chi connectivity index (χ0v) is 11.5. The monoisotopic (exact) mass is 304 g/mol. The van der Waals surface area contributed by atoms with Gasteiger partial charge in [0.25, 0.3) is 5.91 Å². The molecule has 2 fully saturated rings. The molecule has 0 saturated heterocycles. The Morgan fingerprint density at radius 3 is 2.55 bits per heavy atom. The van der Waals surface area contributed by atoms with Crippen LogP contribution in [0.2, 0.25) is 0 Å². The molecule has 1 spiro atoms. The fourth-order valence-electron chi connectivity index (χ4n) is 3.17. The van der Waals surface area contributed by atoms with Gasteiger partial charge in [0.1, 0.15) is 4.88 Å². The average Bonchev–Trinajstić information content (AvgIpc) is 2.74. The summed E-state index contributed by atoms with van der Waals surface area (Å²) in [6, 6.07) is 2.30. The Kier molecular flexibility index (Phi) is 3.10. The third-order valence-electron chi connectivity index (χ3n) is 4.62. The highest BCUT2D eigenvalue weighted by Crippen LogP contribution is 2.55. The summed E-state index contributed by atoms with van der Waals surface area (Å²) in [6.07, 6.45) is -0.577. The molecule has 2 atom stereocenters. The van der Waals surface area contributed by atoms with Crippen molar-refractivity contribution in [3.05, 3.63) is 21.9 Å². The molecule has 2 aliphatic rings. The van der Waals surface area contributed by atoms with Gasteiger partial charge in [-0.1, -0.05) is 6.42 Å². The summed E-state index contributed by atoms with van der Waals surface area (Å²) in [6.45, 7) is 0. The number of hydrogen-bond donors (Lipinski definition) is 2. The molecule has 2 unspecified atom stereocenters. The number of alkyl halides is 3. The minimum Gasteiger partial charge on any atom is -0.348 e. The van der Waals surface area contributed by atoms with Crippen molar-refractivity contribution in [3.8, 4) is 0 Å². The number of rotatable bonds is 2. The molecule has 0 aromatic carbocycles. The van der Waals surface area contributed by atoms with Gasteiger partial charge in [-0.05, 0) is 31.4 Å². The number of nitrogens with one attached hydrogen (secondary N) is 1. The van der Waals surface area contributed by atoms with E-state index in [-0.39, 0.29) is 22.4 Å². The van der Waals surface area contributed by atoms with Gasteiger partial charge in [-0.3, -0.25) is 4.79 Å². The summed E-state index contributed by atoms with van der Waals surface area (Å²) < 4.78 is 37.5. The highest BCUT2D eigenvalue weighted by Gasteiger charge is 2.57. The van der Waals surface area contributed by atoms with E-state index in [2.05, 4.69) is 5.32 Å². The Bertz CT molecular complexity index is 536. The van der Waals surface area contributed by atoms with E-state index < -0.39 is 17.0 Å². The van der Waals surface area contributed by atoms with Crippen LogP contribution in [0, 0.1) is 5.41 Å². The topological polar surface area (TPSA) is 55.1 Å². The van der Waals surface area contributed by atoms with E-state index in [1.807, 2.05) is 0 Å². The number of carbonyl (C=O) groups is 1. The molecule has 0 aliphatic heterocycles. The normalized spacial score (nSPS) is 27.8. The van der Waals surface area contributed by atoms with Gasteiger partial charge in [-0.25, -0.2) is 0 Å². The molecule has 3 N–H and O–H groups in total. The number of carbonyl (C=O) groups excluding carboxylic acids is 1. The molecule has 1 amide bonds. The lowest BCUT2D eigenvalue weighted by molar-refractivity contribution is -0.134. The predicted octanol–water partition coefficient (Wildman–Crippen LogP) is 2.77. The maximum Gasteiger partial charge on any atom is 0.425 e. The van der Waals surface area contributed by atoms with Crippen LogP contribution in [-0.2, 0) is 6.18 Å².